The smallest absolute Gasteiger partial charge is 0.0784 e. The van der Waals surface area contributed by atoms with Crippen molar-refractivity contribution in [2.24, 2.45) is 11.8 Å². The molecule has 17 heavy (non-hydrogen) atoms. The molecule has 2 aliphatic carbocycles. The molecule has 0 nitrogen and oxygen atoms in total. The van der Waals surface area contributed by atoms with E-state index in [-0.39, 0.29) is 0 Å². The van der Waals surface area contributed by atoms with Gasteiger partial charge in [0.2, 0.25) is 0 Å². The van der Waals surface area contributed by atoms with E-state index in [4.69, 9.17) is 0 Å². The molecule has 0 aromatic heterocycles. The maximum Gasteiger partial charge on any atom is 0.193 e. The average molecular weight is 220 g/mol. The van der Waals surface area contributed by atoms with Gasteiger partial charge in [-0.15, -0.1) is 0 Å². The van der Waals surface area contributed by atoms with Crippen molar-refractivity contribution in [2.45, 2.75) is 13.8 Å². The summed E-state index contributed by atoms with van der Waals surface area (Å²) in [6, 6.07) is 0. The van der Waals surface area contributed by atoms with Crippen LogP contribution in [0.4, 0.5) is 0 Å². The van der Waals surface area contributed by atoms with Crippen molar-refractivity contribution in [3.63, 3.8) is 0 Å². The second-order valence-electron chi connectivity index (χ2n) is 5.21. The van der Waals surface area contributed by atoms with Gasteiger partial charge in [-0.3, -0.25) is 0 Å². The van der Waals surface area contributed by atoms with Crippen LogP contribution in [-0.2, 0) is 0 Å². The highest BCUT2D eigenvalue weighted by Crippen LogP contribution is 2.34. The molecule has 0 fully saturated rings. The number of fused-ring (bicyclic) bond motifs is 1. The number of allylic oxidation sites excluding steroid dienone is 12. The van der Waals surface area contributed by atoms with Gasteiger partial charge in [0.05, 0.1) is 0 Å². The molecule has 0 spiro atoms. The lowest BCUT2D eigenvalue weighted by Gasteiger charge is -2.02. The van der Waals surface area contributed by atoms with Crippen molar-refractivity contribution in [2.75, 3.05) is 0 Å². The van der Waals surface area contributed by atoms with Crippen molar-refractivity contribution >= 4 is 7.28 Å². The maximum absolute atomic E-state index is 2.31. The average Bonchev–Trinajstić information content (AvgIpc) is 2.44. The predicted octanol–water partition coefficient (Wildman–Crippen LogP) is 3.47. The summed E-state index contributed by atoms with van der Waals surface area (Å²) in [6.07, 6.45) is 18.4. The van der Waals surface area contributed by atoms with Crippen LogP contribution in [0.25, 0.3) is 0 Å². The van der Waals surface area contributed by atoms with Crippen LogP contribution in [0.15, 0.2) is 70.7 Å². The second kappa shape index (κ2) is 4.07. The molecule has 0 aromatic rings. The lowest BCUT2D eigenvalue weighted by molar-refractivity contribution is 0.941. The Kier molecular flexibility index (Phi) is 2.55. The largest absolute Gasteiger partial charge is 0.193 e. The minimum atomic E-state index is 0.550. The molecular weight excluding hydrogens is 203 g/mol. The monoisotopic (exact) mass is 220 g/mol. The van der Waals surface area contributed by atoms with E-state index in [1.165, 1.54) is 22.1 Å². The highest BCUT2D eigenvalue weighted by molar-refractivity contribution is 6.58. The predicted molar refractivity (Wildman–Crippen MR) is 76.1 cm³/mol. The number of hydrogen-bond acceptors (Lipinski definition) is 0. The summed E-state index contributed by atoms with van der Waals surface area (Å²) >= 11 is 0. The van der Waals surface area contributed by atoms with Gasteiger partial charge < -0.3 is 0 Å². The Balaban J connectivity index is 2.04. The maximum atomic E-state index is 2.31. The van der Waals surface area contributed by atoms with Crippen molar-refractivity contribution in [1.82, 2.24) is 0 Å². The molecule has 3 aliphatic rings. The molecular formula is C16H17B. The van der Waals surface area contributed by atoms with Gasteiger partial charge in [0, 0.05) is 0 Å². The molecule has 1 heterocycles. The van der Waals surface area contributed by atoms with Crippen LogP contribution < -0.4 is 0 Å². The molecule has 0 saturated carbocycles. The van der Waals surface area contributed by atoms with Crippen LogP contribution in [0, 0.1) is 11.8 Å². The molecule has 0 N–H and O–H groups in total. The lowest BCUT2D eigenvalue weighted by atomic mass is 9.65. The van der Waals surface area contributed by atoms with E-state index in [0.717, 1.165) is 7.28 Å². The van der Waals surface area contributed by atoms with E-state index < -0.39 is 0 Å². The van der Waals surface area contributed by atoms with E-state index in [2.05, 4.69) is 62.5 Å². The summed E-state index contributed by atoms with van der Waals surface area (Å²) in [5, 5.41) is 0. The van der Waals surface area contributed by atoms with E-state index in [9.17, 15) is 0 Å². The van der Waals surface area contributed by atoms with Gasteiger partial charge in [0.15, 0.2) is 7.28 Å². The van der Waals surface area contributed by atoms with Crippen LogP contribution in [0.5, 0.6) is 0 Å². The zero-order valence-corrected chi connectivity index (χ0v) is 10.5. The first-order chi connectivity index (χ1) is 8.24. The Labute approximate surface area is 104 Å². The fourth-order valence-electron chi connectivity index (χ4n) is 2.59. The Bertz CT molecular complexity index is 476. The SMILES string of the molecule is C[C@H]1C=CC2=C(C=C1)C1=C(B2)C=C[C@H](C)C=C1. The quantitative estimate of drug-likeness (QED) is 0.548. The van der Waals surface area contributed by atoms with Gasteiger partial charge in [-0.2, -0.15) is 0 Å². The second-order valence-corrected chi connectivity index (χ2v) is 5.21. The van der Waals surface area contributed by atoms with Gasteiger partial charge in [-0.05, 0) is 23.0 Å². The van der Waals surface area contributed by atoms with Gasteiger partial charge in [-0.25, -0.2) is 0 Å². The topological polar surface area (TPSA) is 0 Å². The first-order valence-corrected chi connectivity index (χ1v) is 6.43. The van der Waals surface area contributed by atoms with Gasteiger partial charge >= 0.3 is 0 Å². The van der Waals surface area contributed by atoms with Crippen LogP contribution in [-0.4, -0.2) is 7.28 Å². The molecule has 3 rings (SSSR count). The molecule has 0 aromatic carbocycles. The number of rotatable bonds is 0. The van der Waals surface area contributed by atoms with Gasteiger partial charge in [-0.1, -0.05) is 73.4 Å². The minimum absolute atomic E-state index is 0.550. The Morgan fingerprint density at radius 1 is 0.706 bits per heavy atom. The van der Waals surface area contributed by atoms with E-state index in [1.54, 1.807) is 0 Å². The Morgan fingerprint density at radius 2 is 1.12 bits per heavy atom. The summed E-state index contributed by atoms with van der Waals surface area (Å²) in [6.45, 7) is 4.46. The highest BCUT2D eigenvalue weighted by Gasteiger charge is 2.21. The molecule has 0 bridgehead atoms. The summed E-state index contributed by atoms with van der Waals surface area (Å²) in [7, 11) is 1.09. The van der Waals surface area contributed by atoms with Gasteiger partial charge in [0.1, 0.15) is 0 Å². The van der Waals surface area contributed by atoms with Crippen molar-refractivity contribution in [1.29, 1.82) is 0 Å². The summed E-state index contributed by atoms with van der Waals surface area (Å²) < 4.78 is 0. The molecule has 84 valence electrons. The number of hydrogen-bond donors (Lipinski definition) is 0. The minimum Gasteiger partial charge on any atom is -0.0784 e. The summed E-state index contributed by atoms with van der Waals surface area (Å²) in [4.78, 5) is 0. The third kappa shape index (κ3) is 1.91. The van der Waals surface area contributed by atoms with Gasteiger partial charge in [0.25, 0.3) is 0 Å². The first kappa shape index (κ1) is 10.6. The zero-order valence-electron chi connectivity index (χ0n) is 10.5. The summed E-state index contributed by atoms with van der Waals surface area (Å²) in [5.74, 6) is 1.10. The van der Waals surface area contributed by atoms with Crippen LogP contribution in [0.2, 0.25) is 0 Å². The van der Waals surface area contributed by atoms with E-state index in [0.29, 0.717) is 11.8 Å². The van der Waals surface area contributed by atoms with Crippen molar-refractivity contribution in [3.8, 4) is 0 Å². The fourth-order valence-corrected chi connectivity index (χ4v) is 2.59. The molecule has 1 heteroatoms. The Hall–Kier alpha value is -1.50. The normalized spacial score (nSPS) is 30.0. The lowest BCUT2D eigenvalue weighted by Crippen LogP contribution is -1.93. The first-order valence-electron chi connectivity index (χ1n) is 6.43. The third-order valence-electron chi connectivity index (χ3n) is 3.70. The van der Waals surface area contributed by atoms with Crippen LogP contribution in [0.1, 0.15) is 13.8 Å². The molecule has 1 aliphatic heterocycles. The molecule has 0 radical (unpaired) electrons. The molecule has 0 unspecified atom stereocenters. The van der Waals surface area contributed by atoms with Crippen molar-refractivity contribution in [3.05, 3.63) is 70.7 Å². The van der Waals surface area contributed by atoms with Crippen molar-refractivity contribution < 1.29 is 0 Å². The fraction of sp³-hybridized carbons (Fsp3) is 0.250. The standard InChI is InChI=1S/C16H17B/c1-11-3-7-13-14-8-4-12(2)6-10-16(14)17-15(13)9-5-11/h3-12,17H,1-2H3/t11-,12-/m1/s1. The zero-order chi connectivity index (χ0) is 11.8. The molecule has 0 amide bonds. The third-order valence-corrected chi connectivity index (χ3v) is 3.70. The molecule has 2 atom stereocenters. The van der Waals surface area contributed by atoms with E-state index >= 15 is 0 Å². The molecule has 0 saturated heterocycles. The summed E-state index contributed by atoms with van der Waals surface area (Å²) in [5.41, 5.74) is 5.80. The highest BCUT2D eigenvalue weighted by atomic mass is 14.2. The van der Waals surface area contributed by atoms with Crippen LogP contribution >= 0.6 is 0 Å². The Morgan fingerprint density at radius 3 is 1.59 bits per heavy atom. The van der Waals surface area contributed by atoms with E-state index in [1.807, 2.05) is 0 Å². The van der Waals surface area contributed by atoms with Crippen LogP contribution in [0.3, 0.4) is 0 Å².